The normalized spacial score (nSPS) is 17.2. The third kappa shape index (κ3) is 4.14. The van der Waals surface area contributed by atoms with Crippen LogP contribution in [0.2, 0.25) is 0 Å². The van der Waals surface area contributed by atoms with E-state index in [4.69, 9.17) is 5.11 Å². The maximum absolute atomic E-state index is 8.86. The smallest absolute Gasteiger partial charge is 0.0471 e. The average Bonchev–Trinajstić information content (AvgIpc) is 2.40. The van der Waals surface area contributed by atoms with Gasteiger partial charge in [-0.2, -0.15) is 0 Å². The Morgan fingerprint density at radius 1 is 1.00 bits per heavy atom. The van der Waals surface area contributed by atoms with E-state index in [0.717, 1.165) is 12.3 Å². The zero-order chi connectivity index (χ0) is 11.9. The van der Waals surface area contributed by atoms with Crippen molar-refractivity contribution >= 4 is 0 Å². The second-order valence-corrected chi connectivity index (χ2v) is 5.02. The molecule has 1 aliphatic rings. The van der Waals surface area contributed by atoms with Crippen LogP contribution >= 0.6 is 0 Å². The van der Waals surface area contributed by atoms with Crippen molar-refractivity contribution in [1.82, 2.24) is 5.32 Å². The summed E-state index contributed by atoms with van der Waals surface area (Å²) in [5.41, 5.74) is 2.67. The number of hydrogen-bond donors (Lipinski definition) is 2. The highest BCUT2D eigenvalue weighted by Crippen LogP contribution is 2.19. The van der Waals surface area contributed by atoms with Gasteiger partial charge in [-0.3, -0.25) is 0 Å². The average molecular weight is 233 g/mol. The quantitative estimate of drug-likeness (QED) is 0.817. The van der Waals surface area contributed by atoms with Gasteiger partial charge in [0.25, 0.3) is 0 Å². The predicted molar refractivity (Wildman–Crippen MR) is 71.1 cm³/mol. The molecule has 2 heteroatoms. The number of aliphatic hydroxyl groups is 1. The number of aryl methyl sites for hydroxylation is 1. The molecule has 2 nitrogen and oxygen atoms in total. The van der Waals surface area contributed by atoms with Gasteiger partial charge in [0.15, 0.2) is 0 Å². The van der Waals surface area contributed by atoms with Crippen LogP contribution in [-0.2, 0) is 12.8 Å². The molecule has 0 atom stereocenters. The minimum Gasteiger partial charge on any atom is -0.396 e. The molecule has 1 aromatic carbocycles. The van der Waals surface area contributed by atoms with Gasteiger partial charge in [-0.1, -0.05) is 24.3 Å². The summed E-state index contributed by atoms with van der Waals surface area (Å²) in [6.07, 6.45) is 5.96. The maximum Gasteiger partial charge on any atom is 0.0471 e. The Labute approximate surface area is 104 Å². The second kappa shape index (κ2) is 6.77. The van der Waals surface area contributed by atoms with Crippen LogP contribution in [0.25, 0.3) is 0 Å². The molecule has 0 bridgehead atoms. The van der Waals surface area contributed by atoms with Crippen LogP contribution in [0, 0.1) is 5.92 Å². The van der Waals surface area contributed by atoms with Crippen LogP contribution in [0.4, 0.5) is 0 Å². The molecule has 0 amide bonds. The van der Waals surface area contributed by atoms with Crippen LogP contribution < -0.4 is 5.32 Å². The summed E-state index contributed by atoms with van der Waals surface area (Å²) >= 11 is 0. The summed E-state index contributed by atoms with van der Waals surface area (Å²) in [7, 11) is 0. The molecule has 0 unspecified atom stereocenters. The number of rotatable bonds is 5. The Bertz CT molecular complexity index is 314. The minimum absolute atomic E-state index is 0.244. The van der Waals surface area contributed by atoms with E-state index in [1.807, 2.05) is 0 Å². The van der Waals surface area contributed by atoms with Crippen molar-refractivity contribution in [2.75, 3.05) is 19.7 Å². The second-order valence-electron chi connectivity index (χ2n) is 5.02. The van der Waals surface area contributed by atoms with Gasteiger partial charge in [-0.25, -0.2) is 0 Å². The van der Waals surface area contributed by atoms with Gasteiger partial charge in [-0.05, 0) is 62.2 Å². The number of benzene rings is 1. The summed E-state index contributed by atoms with van der Waals surface area (Å²) in [4.78, 5) is 0. The first-order valence-corrected chi connectivity index (χ1v) is 6.78. The minimum atomic E-state index is 0.244. The molecule has 1 aliphatic heterocycles. The van der Waals surface area contributed by atoms with E-state index in [1.165, 1.54) is 49.9 Å². The summed E-state index contributed by atoms with van der Waals surface area (Å²) in [5.74, 6) is 0.911. The van der Waals surface area contributed by atoms with E-state index >= 15 is 0 Å². The van der Waals surface area contributed by atoms with Crippen molar-refractivity contribution in [2.24, 2.45) is 5.92 Å². The molecule has 0 spiro atoms. The summed E-state index contributed by atoms with van der Waals surface area (Å²) in [6, 6.07) is 8.72. The van der Waals surface area contributed by atoms with E-state index in [2.05, 4.69) is 29.6 Å². The first kappa shape index (κ1) is 12.6. The maximum atomic E-state index is 8.86. The molecule has 0 aromatic heterocycles. The Hall–Kier alpha value is -0.860. The predicted octanol–water partition coefficient (Wildman–Crippen LogP) is 2.15. The standard InChI is InChI=1S/C15H23NO/c17-12-9-14-4-1-13(2-5-14)3-6-15-7-10-16-11-8-15/h1-2,4-5,15-17H,3,6-12H2. The molecule has 0 saturated carbocycles. The van der Waals surface area contributed by atoms with Gasteiger partial charge in [0.05, 0.1) is 0 Å². The van der Waals surface area contributed by atoms with Crippen molar-refractivity contribution in [1.29, 1.82) is 0 Å². The van der Waals surface area contributed by atoms with Crippen LogP contribution in [0.15, 0.2) is 24.3 Å². The molecular formula is C15H23NO. The SMILES string of the molecule is OCCc1ccc(CCC2CCNCC2)cc1. The number of piperidine rings is 1. The van der Waals surface area contributed by atoms with Crippen molar-refractivity contribution in [3.8, 4) is 0 Å². The highest BCUT2D eigenvalue weighted by atomic mass is 16.2. The molecule has 1 aromatic rings. The highest BCUT2D eigenvalue weighted by Gasteiger charge is 2.12. The van der Waals surface area contributed by atoms with Crippen LogP contribution in [0.5, 0.6) is 0 Å². The lowest BCUT2D eigenvalue weighted by atomic mass is 9.91. The molecule has 0 aliphatic carbocycles. The molecule has 1 heterocycles. The molecule has 94 valence electrons. The lowest BCUT2D eigenvalue weighted by Gasteiger charge is -2.22. The highest BCUT2D eigenvalue weighted by molar-refractivity contribution is 5.22. The molecule has 17 heavy (non-hydrogen) atoms. The van der Waals surface area contributed by atoms with E-state index < -0.39 is 0 Å². The molecular weight excluding hydrogens is 210 g/mol. The summed E-state index contributed by atoms with van der Waals surface area (Å²) < 4.78 is 0. The lowest BCUT2D eigenvalue weighted by molar-refractivity contribution is 0.299. The summed E-state index contributed by atoms with van der Waals surface area (Å²) in [5, 5.41) is 12.3. The van der Waals surface area contributed by atoms with Gasteiger partial charge in [0.1, 0.15) is 0 Å². The lowest BCUT2D eigenvalue weighted by Crippen LogP contribution is -2.27. The third-order valence-corrected chi connectivity index (χ3v) is 3.72. The Morgan fingerprint density at radius 3 is 2.18 bits per heavy atom. The first-order chi connectivity index (χ1) is 8.38. The third-order valence-electron chi connectivity index (χ3n) is 3.72. The Kier molecular flexibility index (Phi) is 5.02. The topological polar surface area (TPSA) is 32.3 Å². The van der Waals surface area contributed by atoms with Gasteiger partial charge < -0.3 is 10.4 Å². The summed E-state index contributed by atoms with van der Waals surface area (Å²) in [6.45, 7) is 2.63. The van der Waals surface area contributed by atoms with Crippen LogP contribution in [-0.4, -0.2) is 24.8 Å². The fraction of sp³-hybridized carbons (Fsp3) is 0.600. The zero-order valence-corrected chi connectivity index (χ0v) is 10.5. The monoisotopic (exact) mass is 233 g/mol. The molecule has 2 rings (SSSR count). The van der Waals surface area contributed by atoms with Crippen molar-refractivity contribution in [3.05, 3.63) is 35.4 Å². The number of hydrogen-bond acceptors (Lipinski definition) is 2. The van der Waals surface area contributed by atoms with Crippen LogP contribution in [0.1, 0.15) is 30.4 Å². The van der Waals surface area contributed by atoms with E-state index in [1.54, 1.807) is 0 Å². The van der Waals surface area contributed by atoms with E-state index in [9.17, 15) is 0 Å². The van der Waals surface area contributed by atoms with Crippen molar-refractivity contribution < 1.29 is 5.11 Å². The Balaban J connectivity index is 1.77. The van der Waals surface area contributed by atoms with Crippen LogP contribution in [0.3, 0.4) is 0 Å². The van der Waals surface area contributed by atoms with E-state index in [-0.39, 0.29) is 6.61 Å². The molecule has 0 radical (unpaired) electrons. The fourth-order valence-corrected chi connectivity index (χ4v) is 2.54. The van der Waals surface area contributed by atoms with E-state index in [0.29, 0.717) is 0 Å². The first-order valence-electron chi connectivity index (χ1n) is 6.78. The molecule has 1 saturated heterocycles. The molecule has 2 N–H and O–H groups in total. The van der Waals surface area contributed by atoms with Gasteiger partial charge >= 0.3 is 0 Å². The van der Waals surface area contributed by atoms with Crippen molar-refractivity contribution in [3.63, 3.8) is 0 Å². The van der Waals surface area contributed by atoms with Gasteiger partial charge in [0.2, 0.25) is 0 Å². The van der Waals surface area contributed by atoms with Crippen molar-refractivity contribution in [2.45, 2.75) is 32.1 Å². The Morgan fingerprint density at radius 2 is 1.59 bits per heavy atom. The number of nitrogens with one attached hydrogen (secondary N) is 1. The van der Waals surface area contributed by atoms with Gasteiger partial charge in [-0.15, -0.1) is 0 Å². The molecule has 1 fully saturated rings. The van der Waals surface area contributed by atoms with Gasteiger partial charge in [0, 0.05) is 6.61 Å². The fourth-order valence-electron chi connectivity index (χ4n) is 2.54. The largest absolute Gasteiger partial charge is 0.396 e. The number of aliphatic hydroxyl groups excluding tert-OH is 1. The zero-order valence-electron chi connectivity index (χ0n) is 10.5.